The zero-order valence-corrected chi connectivity index (χ0v) is 11.5. The summed E-state index contributed by atoms with van der Waals surface area (Å²) in [5, 5.41) is 20.4. The quantitative estimate of drug-likeness (QED) is 0.684. The topological polar surface area (TPSA) is 63.4 Å². The molecule has 1 N–H and O–H groups in total. The maximum absolute atomic E-state index is 12.8. The zero-order chi connectivity index (χ0) is 14.0. The summed E-state index contributed by atoms with van der Waals surface area (Å²) in [5.41, 5.74) is -0.0322. The van der Waals surface area contributed by atoms with Crippen LogP contribution >= 0.6 is 23.1 Å². The van der Waals surface area contributed by atoms with Gasteiger partial charge in [-0.3, -0.25) is 10.1 Å². The molecule has 0 saturated heterocycles. The second kappa shape index (κ2) is 5.68. The van der Waals surface area contributed by atoms with Crippen molar-refractivity contribution in [3.63, 3.8) is 0 Å². The standard InChI is InChI=1S/C12H10FNO3S2/c1-7(15)11-6-10(14(16)17)12(19-11)18-9-4-2-8(13)3-5-9/h2-7,15H,1H3. The Kier molecular flexibility index (Phi) is 4.18. The molecule has 0 spiro atoms. The Balaban J connectivity index is 2.33. The fraction of sp³-hybridized carbons (Fsp3) is 0.167. The molecule has 2 rings (SSSR count). The largest absolute Gasteiger partial charge is 0.388 e. The number of nitro groups is 1. The summed E-state index contributed by atoms with van der Waals surface area (Å²) in [6, 6.07) is 7.10. The molecule has 1 aromatic carbocycles. The van der Waals surface area contributed by atoms with E-state index in [1.165, 1.54) is 41.3 Å². The van der Waals surface area contributed by atoms with Gasteiger partial charge in [0.15, 0.2) is 0 Å². The predicted octanol–water partition coefficient (Wildman–Crippen LogP) is 4.00. The Bertz CT molecular complexity index is 596. The first kappa shape index (κ1) is 14.0. The molecule has 1 atom stereocenters. The maximum atomic E-state index is 12.8. The van der Waals surface area contributed by atoms with Crippen LogP contribution in [0.2, 0.25) is 0 Å². The second-order valence-corrected chi connectivity index (χ2v) is 6.24. The van der Waals surface area contributed by atoms with Gasteiger partial charge in [-0.05, 0) is 31.2 Å². The van der Waals surface area contributed by atoms with E-state index < -0.39 is 11.0 Å². The van der Waals surface area contributed by atoms with Gasteiger partial charge in [-0.1, -0.05) is 11.8 Å². The van der Waals surface area contributed by atoms with Crippen molar-refractivity contribution < 1.29 is 14.4 Å². The molecule has 0 aliphatic heterocycles. The van der Waals surface area contributed by atoms with E-state index in [0.717, 1.165) is 0 Å². The summed E-state index contributed by atoms with van der Waals surface area (Å²) in [6.07, 6.45) is -0.744. The molecular weight excluding hydrogens is 289 g/mol. The molecule has 1 unspecified atom stereocenters. The fourth-order valence-corrected chi connectivity index (χ4v) is 3.66. The lowest BCUT2D eigenvalue weighted by Gasteiger charge is -1.99. The summed E-state index contributed by atoms with van der Waals surface area (Å²) >= 11 is 2.36. The van der Waals surface area contributed by atoms with E-state index in [-0.39, 0.29) is 11.5 Å². The van der Waals surface area contributed by atoms with Gasteiger partial charge in [0.05, 0.1) is 11.0 Å². The fourth-order valence-electron chi connectivity index (χ4n) is 1.40. The molecule has 2 aromatic rings. The van der Waals surface area contributed by atoms with Crippen molar-refractivity contribution >= 4 is 28.8 Å². The van der Waals surface area contributed by atoms with E-state index in [2.05, 4.69) is 0 Å². The number of aliphatic hydroxyl groups is 1. The minimum Gasteiger partial charge on any atom is -0.388 e. The van der Waals surface area contributed by atoms with Gasteiger partial charge >= 0.3 is 0 Å². The first-order valence-electron chi connectivity index (χ1n) is 5.37. The molecule has 0 radical (unpaired) electrons. The van der Waals surface area contributed by atoms with Crippen LogP contribution in [0.1, 0.15) is 17.9 Å². The first-order valence-corrected chi connectivity index (χ1v) is 7.00. The Morgan fingerprint density at radius 2 is 2.05 bits per heavy atom. The van der Waals surface area contributed by atoms with Crippen molar-refractivity contribution in [2.45, 2.75) is 22.1 Å². The van der Waals surface area contributed by atoms with Crippen LogP contribution in [-0.2, 0) is 0 Å². The van der Waals surface area contributed by atoms with E-state index in [0.29, 0.717) is 14.0 Å². The lowest BCUT2D eigenvalue weighted by Crippen LogP contribution is -1.87. The van der Waals surface area contributed by atoms with Gasteiger partial charge in [0.1, 0.15) is 10.0 Å². The Morgan fingerprint density at radius 3 is 2.58 bits per heavy atom. The highest BCUT2D eigenvalue weighted by Crippen LogP contribution is 2.42. The van der Waals surface area contributed by atoms with E-state index in [1.54, 1.807) is 19.1 Å². The van der Waals surface area contributed by atoms with Gasteiger partial charge in [0.2, 0.25) is 0 Å². The molecule has 0 amide bonds. The minimum absolute atomic E-state index is 0.0322. The van der Waals surface area contributed by atoms with Gasteiger partial charge in [-0.15, -0.1) is 11.3 Å². The number of thiophene rings is 1. The van der Waals surface area contributed by atoms with Crippen molar-refractivity contribution in [3.8, 4) is 0 Å². The van der Waals surface area contributed by atoms with Gasteiger partial charge in [0.25, 0.3) is 5.69 Å². The molecule has 4 nitrogen and oxygen atoms in total. The van der Waals surface area contributed by atoms with Crippen molar-refractivity contribution in [3.05, 3.63) is 51.1 Å². The minimum atomic E-state index is -0.744. The third-order valence-corrected chi connectivity index (χ3v) is 4.82. The van der Waals surface area contributed by atoms with Crippen LogP contribution in [0.25, 0.3) is 0 Å². The molecule has 0 aliphatic rings. The lowest BCUT2D eigenvalue weighted by molar-refractivity contribution is -0.387. The Morgan fingerprint density at radius 1 is 1.42 bits per heavy atom. The molecule has 0 bridgehead atoms. The molecule has 7 heteroatoms. The predicted molar refractivity (Wildman–Crippen MR) is 72.1 cm³/mol. The first-order chi connectivity index (χ1) is 8.97. The smallest absolute Gasteiger partial charge is 0.294 e. The number of nitrogens with zero attached hydrogens (tertiary/aromatic N) is 1. The van der Waals surface area contributed by atoms with Crippen LogP contribution in [0, 0.1) is 15.9 Å². The molecule has 100 valence electrons. The highest BCUT2D eigenvalue weighted by Gasteiger charge is 2.21. The van der Waals surface area contributed by atoms with Crippen LogP contribution in [-0.4, -0.2) is 10.0 Å². The van der Waals surface area contributed by atoms with Crippen LogP contribution in [0.3, 0.4) is 0 Å². The lowest BCUT2D eigenvalue weighted by atomic mass is 10.3. The number of hydrogen-bond donors (Lipinski definition) is 1. The Labute approximate surface area is 117 Å². The summed E-state index contributed by atoms with van der Waals surface area (Å²) < 4.78 is 13.3. The summed E-state index contributed by atoms with van der Waals surface area (Å²) in [6.45, 7) is 1.56. The van der Waals surface area contributed by atoms with E-state index in [9.17, 15) is 19.6 Å². The molecule has 0 fully saturated rings. The average Bonchev–Trinajstić information content (AvgIpc) is 2.76. The number of hydrogen-bond acceptors (Lipinski definition) is 5. The van der Waals surface area contributed by atoms with Crippen molar-refractivity contribution in [2.75, 3.05) is 0 Å². The van der Waals surface area contributed by atoms with Gasteiger partial charge in [-0.2, -0.15) is 0 Å². The monoisotopic (exact) mass is 299 g/mol. The number of benzene rings is 1. The van der Waals surface area contributed by atoms with Crippen LogP contribution < -0.4 is 0 Å². The van der Waals surface area contributed by atoms with Gasteiger partial charge in [0, 0.05) is 15.8 Å². The normalized spacial score (nSPS) is 12.4. The number of halogens is 1. The van der Waals surface area contributed by atoms with Crippen molar-refractivity contribution in [1.82, 2.24) is 0 Å². The Hall–Kier alpha value is -1.44. The zero-order valence-electron chi connectivity index (χ0n) is 9.87. The summed E-state index contributed by atoms with van der Waals surface area (Å²) in [7, 11) is 0. The maximum Gasteiger partial charge on any atom is 0.294 e. The van der Waals surface area contributed by atoms with E-state index in [4.69, 9.17) is 0 Å². The van der Waals surface area contributed by atoms with E-state index >= 15 is 0 Å². The highest BCUT2D eigenvalue weighted by atomic mass is 32.2. The molecule has 1 heterocycles. The third kappa shape index (κ3) is 3.31. The summed E-state index contributed by atoms with van der Waals surface area (Å²) in [4.78, 5) is 11.7. The molecule has 1 aromatic heterocycles. The van der Waals surface area contributed by atoms with Gasteiger partial charge < -0.3 is 5.11 Å². The van der Waals surface area contributed by atoms with Crippen LogP contribution in [0.5, 0.6) is 0 Å². The average molecular weight is 299 g/mol. The van der Waals surface area contributed by atoms with Crippen molar-refractivity contribution in [2.24, 2.45) is 0 Å². The van der Waals surface area contributed by atoms with Crippen molar-refractivity contribution in [1.29, 1.82) is 0 Å². The van der Waals surface area contributed by atoms with Gasteiger partial charge in [-0.25, -0.2) is 4.39 Å². The van der Waals surface area contributed by atoms with E-state index in [1.807, 2.05) is 0 Å². The SMILES string of the molecule is CC(O)c1cc([N+](=O)[O-])c(Sc2ccc(F)cc2)s1. The number of rotatable bonds is 4. The molecular formula is C12H10FNO3S2. The van der Waals surface area contributed by atoms with Crippen LogP contribution in [0.4, 0.5) is 10.1 Å². The molecule has 0 aliphatic carbocycles. The molecule has 0 saturated carbocycles. The van der Waals surface area contributed by atoms with Crippen LogP contribution in [0.15, 0.2) is 39.4 Å². The highest BCUT2D eigenvalue weighted by molar-refractivity contribution is 8.01. The molecule has 19 heavy (non-hydrogen) atoms. The second-order valence-electron chi connectivity index (χ2n) is 3.81. The third-order valence-electron chi connectivity index (χ3n) is 2.33. The number of aliphatic hydroxyl groups excluding tert-OH is 1. The summed E-state index contributed by atoms with van der Waals surface area (Å²) in [5.74, 6) is -0.352.